The lowest BCUT2D eigenvalue weighted by atomic mass is 10.2. The first-order valence-electron chi connectivity index (χ1n) is 6.01. The Balaban J connectivity index is 2.27. The second kappa shape index (κ2) is 6.11. The third-order valence-electron chi connectivity index (χ3n) is 2.43. The topological polar surface area (TPSA) is 98.0 Å². The molecule has 8 heteroatoms. The molecule has 0 atom stereocenters. The molecule has 0 saturated heterocycles. The van der Waals surface area contributed by atoms with Gasteiger partial charge in [0, 0.05) is 5.69 Å². The van der Waals surface area contributed by atoms with Crippen LogP contribution in [0, 0.1) is 12.7 Å². The van der Waals surface area contributed by atoms with Gasteiger partial charge in [-0.1, -0.05) is 0 Å². The Bertz CT molecular complexity index is 606. The zero-order valence-electron chi connectivity index (χ0n) is 11.1. The quantitative estimate of drug-likeness (QED) is 0.566. The van der Waals surface area contributed by atoms with E-state index in [4.69, 9.17) is 10.6 Å². The summed E-state index contributed by atoms with van der Waals surface area (Å²) in [4.78, 5) is 12.0. The summed E-state index contributed by atoms with van der Waals surface area (Å²) in [6.45, 7) is 3.91. The smallest absolute Gasteiger partial charge is 0.323 e. The lowest BCUT2D eigenvalue weighted by molar-refractivity contribution is 0.312. The highest BCUT2D eigenvalue weighted by Crippen LogP contribution is 2.18. The van der Waals surface area contributed by atoms with E-state index in [1.54, 1.807) is 19.1 Å². The Hall–Kier alpha value is -2.48. The average molecular weight is 278 g/mol. The molecule has 0 amide bonds. The Morgan fingerprint density at radius 1 is 1.25 bits per heavy atom. The van der Waals surface area contributed by atoms with Crippen LogP contribution in [0.1, 0.15) is 12.5 Å². The molecule has 0 aliphatic carbocycles. The zero-order valence-corrected chi connectivity index (χ0v) is 11.1. The number of aryl methyl sites for hydroxylation is 1. The first-order chi connectivity index (χ1) is 9.62. The minimum Gasteiger partial charge on any atom is -0.464 e. The fourth-order valence-corrected chi connectivity index (χ4v) is 1.52. The highest BCUT2D eigenvalue weighted by molar-refractivity contribution is 5.55. The van der Waals surface area contributed by atoms with Gasteiger partial charge in [0.1, 0.15) is 5.82 Å². The zero-order chi connectivity index (χ0) is 14.5. The van der Waals surface area contributed by atoms with Gasteiger partial charge in [0.05, 0.1) is 6.61 Å². The van der Waals surface area contributed by atoms with Gasteiger partial charge in [-0.2, -0.15) is 15.0 Å². The molecule has 0 fully saturated rings. The summed E-state index contributed by atoms with van der Waals surface area (Å²) in [6, 6.07) is 4.75. The van der Waals surface area contributed by atoms with Crippen molar-refractivity contribution in [3.05, 3.63) is 29.6 Å². The van der Waals surface area contributed by atoms with Crippen molar-refractivity contribution in [2.24, 2.45) is 5.84 Å². The van der Waals surface area contributed by atoms with Gasteiger partial charge in [0.15, 0.2) is 0 Å². The lowest BCUT2D eigenvalue weighted by Crippen LogP contribution is -2.13. The number of hydrazine groups is 1. The standard InChI is InChI=1S/C12H15FN6O/c1-3-20-12-17-10(16-11(18-12)19-14)15-8-4-5-9(13)7(2)6-8/h4-6H,3,14H2,1-2H3,(H2,15,16,17,18,19). The van der Waals surface area contributed by atoms with E-state index in [1.165, 1.54) is 6.07 Å². The maximum absolute atomic E-state index is 13.2. The second-order valence-corrected chi connectivity index (χ2v) is 3.93. The SMILES string of the molecule is CCOc1nc(NN)nc(Nc2ccc(F)c(C)c2)n1. The number of hydrogen-bond donors (Lipinski definition) is 3. The van der Waals surface area contributed by atoms with E-state index < -0.39 is 0 Å². The van der Waals surface area contributed by atoms with Crippen molar-refractivity contribution in [3.8, 4) is 6.01 Å². The summed E-state index contributed by atoms with van der Waals surface area (Å²) in [5, 5.41) is 2.94. The first kappa shape index (κ1) is 13.9. The molecule has 7 nitrogen and oxygen atoms in total. The van der Waals surface area contributed by atoms with E-state index in [2.05, 4.69) is 25.7 Å². The van der Waals surface area contributed by atoms with E-state index in [1.807, 2.05) is 6.92 Å². The Labute approximate surface area is 115 Å². The predicted octanol–water partition coefficient (Wildman–Crippen LogP) is 1.75. The Morgan fingerprint density at radius 2 is 2.00 bits per heavy atom. The molecule has 20 heavy (non-hydrogen) atoms. The van der Waals surface area contributed by atoms with Crippen molar-refractivity contribution < 1.29 is 9.13 Å². The van der Waals surface area contributed by atoms with Crippen molar-refractivity contribution in [1.82, 2.24) is 15.0 Å². The molecule has 0 unspecified atom stereocenters. The normalized spacial score (nSPS) is 10.2. The van der Waals surface area contributed by atoms with Crippen molar-refractivity contribution in [2.45, 2.75) is 13.8 Å². The molecule has 2 aromatic rings. The predicted molar refractivity (Wildman–Crippen MR) is 73.2 cm³/mol. The number of halogens is 1. The van der Waals surface area contributed by atoms with Crippen LogP contribution in [0.15, 0.2) is 18.2 Å². The minimum atomic E-state index is -0.273. The maximum atomic E-state index is 13.2. The van der Waals surface area contributed by atoms with Crippen molar-refractivity contribution >= 4 is 17.6 Å². The number of nitrogens with one attached hydrogen (secondary N) is 2. The fraction of sp³-hybridized carbons (Fsp3) is 0.250. The van der Waals surface area contributed by atoms with Gasteiger partial charge in [-0.3, -0.25) is 5.43 Å². The number of ether oxygens (including phenoxy) is 1. The van der Waals surface area contributed by atoms with Gasteiger partial charge < -0.3 is 10.1 Å². The van der Waals surface area contributed by atoms with Crippen LogP contribution in [0.2, 0.25) is 0 Å². The molecule has 0 spiro atoms. The average Bonchev–Trinajstić information content (AvgIpc) is 2.43. The third kappa shape index (κ3) is 3.29. The van der Waals surface area contributed by atoms with Crippen LogP contribution in [-0.2, 0) is 0 Å². The lowest BCUT2D eigenvalue weighted by Gasteiger charge is -2.09. The second-order valence-electron chi connectivity index (χ2n) is 3.93. The van der Waals surface area contributed by atoms with Crippen LogP contribution >= 0.6 is 0 Å². The Morgan fingerprint density at radius 3 is 2.65 bits per heavy atom. The fourth-order valence-electron chi connectivity index (χ4n) is 1.52. The van der Waals surface area contributed by atoms with Crippen LogP contribution in [0.3, 0.4) is 0 Å². The number of hydrogen-bond acceptors (Lipinski definition) is 7. The monoisotopic (exact) mass is 278 g/mol. The highest BCUT2D eigenvalue weighted by Gasteiger charge is 2.07. The molecule has 1 aromatic carbocycles. The Kier molecular flexibility index (Phi) is 4.26. The maximum Gasteiger partial charge on any atom is 0.323 e. The van der Waals surface area contributed by atoms with Gasteiger partial charge in [0.25, 0.3) is 0 Å². The number of anilines is 3. The molecule has 0 radical (unpaired) electrons. The van der Waals surface area contributed by atoms with Gasteiger partial charge in [-0.05, 0) is 37.6 Å². The molecule has 1 heterocycles. The molecule has 0 aliphatic rings. The summed E-state index contributed by atoms with van der Waals surface area (Å²) >= 11 is 0. The van der Waals surface area contributed by atoms with E-state index in [0.29, 0.717) is 17.9 Å². The molecule has 0 bridgehead atoms. The number of nitrogens with two attached hydrogens (primary N) is 1. The van der Waals surface area contributed by atoms with Gasteiger partial charge >= 0.3 is 6.01 Å². The molecule has 2 rings (SSSR count). The van der Waals surface area contributed by atoms with Gasteiger partial charge in [0.2, 0.25) is 11.9 Å². The number of nitrogen functional groups attached to an aromatic ring is 1. The largest absolute Gasteiger partial charge is 0.464 e. The van der Waals surface area contributed by atoms with E-state index in [9.17, 15) is 4.39 Å². The highest BCUT2D eigenvalue weighted by atomic mass is 19.1. The first-order valence-corrected chi connectivity index (χ1v) is 6.01. The van der Waals surface area contributed by atoms with Gasteiger partial charge in [-0.15, -0.1) is 0 Å². The van der Waals surface area contributed by atoms with Crippen molar-refractivity contribution in [2.75, 3.05) is 17.3 Å². The molecular weight excluding hydrogens is 263 g/mol. The molecule has 4 N–H and O–H groups in total. The van der Waals surface area contributed by atoms with Crippen LogP contribution in [0.5, 0.6) is 6.01 Å². The van der Waals surface area contributed by atoms with Crippen LogP contribution in [0.25, 0.3) is 0 Å². The number of aromatic nitrogens is 3. The summed E-state index contributed by atoms with van der Waals surface area (Å²) in [5.41, 5.74) is 3.50. The summed E-state index contributed by atoms with van der Waals surface area (Å²) in [6.07, 6.45) is 0. The number of rotatable bonds is 5. The van der Waals surface area contributed by atoms with Crippen molar-refractivity contribution in [1.29, 1.82) is 0 Å². The van der Waals surface area contributed by atoms with Gasteiger partial charge in [-0.25, -0.2) is 10.2 Å². The summed E-state index contributed by atoms with van der Waals surface area (Å²) in [7, 11) is 0. The van der Waals surface area contributed by atoms with Crippen LogP contribution in [0.4, 0.5) is 22.0 Å². The summed E-state index contributed by atoms with van der Waals surface area (Å²) in [5.74, 6) is 5.44. The third-order valence-corrected chi connectivity index (χ3v) is 2.43. The molecule has 1 aromatic heterocycles. The van der Waals surface area contributed by atoms with Crippen molar-refractivity contribution in [3.63, 3.8) is 0 Å². The van der Waals surface area contributed by atoms with E-state index >= 15 is 0 Å². The van der Waals surface area contributed by atoms with E-state index in [-0.39, 0.29) is 23.7 Å². The van der Waals surface area contributed by atoms with Crippen LogP contribution in [-0.4, -0.2) is 21.6 Å². The molecule has 0 aliphatic heterocycles. The number of nitrogens with zero attached hydrogens (tertiary/aromatic N) is 3. The molecule has 0 saturated carbocycles. The molecular formula is C12H15FN6O. The summed E-state index contributed by atoms with van der Waals surface area (Å²) < 4.78 is 18.4. The number of benzene rings is 1. The minimum absolute atomic E-state index is 0.150. The van der Waals surface area contributed by atoms with Crippen LogP contribution < -0.4 is 21.3 Å². The molecule has 106 valence electrons. The van der Waals surface area contributed by atoms with E-state index in [0.717, 1.165) is 0 Å².